The molecule has 1 nitrogen and oxygen atoms in total. The molecule has 0 atom stereocenters. The Hall–Kier alpha value is -2.77. The molecular formula is C19H14O. The van der Waals surface area contributed by atoms with Gasteiger partial charge < -0.3 is 0 Å². The second kappa shape index (κ2) is 6.98. The van der Waals surface area contributed by atoms with E-state index in [1.54, 1.807) is 0 Å². The molecule has 0 amide bonds. The predicted molar refractivity (Wildman–Crippen MR) is 81.2 cm³/mol. The highest BCUT2D eigenvalue weighted by molar-refractivity contribution is 5.74. The lowest BCUT2D eigenvalue weighted by Gasteiger charge is -1.95. The summed E-state index contributed by atoms with van der Waals surface area (Å²) in [5, 5.41) is 0. The Labute approximate surface area is 119 Å². The standard InChI is InChI=1S/C19H14O/c1-2-16-5-7-18(8-6-16)13-14-19-11-9-17(10-12-19)4-3-15-20/h5-12,15H,2H2,1H3. The number of benzene rings is 2. The van der Waals surface area contributed by atoms with E-state index in [2.05, 4.69) is 42.7 Å². The van der Waals surface area contributed by atoms with Crippen molar-refractivity contribution in [3.63, 3.8) is 0 Å². The maximum atomic E-state index is 10.2. The Kier molecular flexibility index (Phi) is 4.76. The summed E-state index contributed by atoms with van der Waals surface area (Å²) < 4.78 is 0. The van der Waals surface area contributed by atoms with Gasteiger partial charge in [-0.3, -0.25) is 4.79 Å². The van der Waals surface area contributed by atoms with E-state index in [1.165, 1.54) is 5.56 Å². The van der Waals surface area contributed by atoms with Crippen LogP contribution < -0.4 is 0 Å². The van der Waals surface area contributed by atoms with E-state index < -0.39 is 0 Å². The first kappa shape index (κ1) is 13.7. The summed E-state index contributed by atoms with van der Waals surface area (Å²) in [6.07, 6.45) is 1.63. The third kappa shape index (κ3) is 3.87. The van der Waals surface area contributed by atoms with Crippen molar-refractivity contribution in [2.75, 3.05) is 0 Å². The van der Waals surface area contributed by atoms with Crippen molar-refractivity contribution in [3.8, 4) is 23.7 Å². The van der Waals surface area contributed by atoms with Crippen LogP contribution in [0.5, 0.6) is 0 Å². The Bertz CT molecular complexity index is 699. The average Bonchev–Trinajstić information content (AvgIpc) is 2.52. The molecule has 0 heterocycles. The van der Waals surface area contributed by atoms with E-state index in [4.69, 9.17) is 0 Å². The van der Waals surface area contributed by atoms with E-state index in [0.29, 0.717) is 6.29 Å². The van der Waals surface area contributed by atoms with Crippen LogP contribution in [0, 0.1) is 23.7 Å². The summed E-state index contributed by atoms with van der Waals surface area (Å²) in [5.41, 5.74) is 4.07. The molecule has 2 rings (SSSR count). The summed E-state index contributed by atoms with van der Waals surface area (Å²) in [6.45, 7) is 2.13. The van der Waals surface area contributed by atoms with Crippen LogP contribution in [0.15, 0.2) is 48.5 Å². The molecule has 20 heavy (non-hydrogen) atoms. The summed E-state index contributed by atoms with van der Waals surface area (Å²) >= 11 is 0. The number of aryl methyl sites for hydroxylation is 1. The zero-order valence-corrected chi connectivity index (χ0v) is 11.3. The molecule has 0 aliphatic carbocycles. The second-order valence-electron chi connectivity index (χ2n) is 4.27. The second-order valence-corrected chi connectivity index (χ2v) is 4.27. The van der Waals surface area contributed by atoms with Crippen LogP contribution in [-0.4, -0.2) is 6.29 Å². The number of carbonyl (C=O) groups is 1. The summed E-state index contributed by atoms with van der Waals surface area (Å²) in [6, 6.07) is 15.8. The minimum Gasteiger partial charge on any atom is -0.289 e. The maximum absolute atomic E-state index is 10.2. The molecule has 0 unspecified atom stereocenters. The molecule has 2 aromatic carbocycles. The lowest BCUT2D eigenvalue weighted by Crippen LogP contribution is -1.81. The SMILES string of the molecule is CCc1ccc(C#Cc2ccc(C#CC=O)cc2)cc1. The molecule has 2 aromatic rings. The maximum Gasteiger partial charge on any atom is 0.193 e. The van der Waals surface area contributed by atoms with E-state index in [-0.39, 0.29) is 0 Å². The highest BCUT2D eigenvalue weighted by Crippen LogP contribution is 2.05. The lowest BCUT2D eigenvalue weighted by atomic mass is 10.1. The quantitative estimate of drug-likeness (QED) is 0.567. The van der Waals surface area contributed by atoms with Crippen LogP contribution in [0.2, 0.25) is 0 Å². The van der Waals surface area contributed by atoms with Crippen molar-refractivity contribution in [1.29, 1.82) is 0 Å². The molecule has 0 aliphatic heterocycles. The minimum absolute atomic E-state index is 0.591. The first-order chi connectivity index (χ1) is 9.81. The van der Waals surface area contributed by atoms with E-state index in [0.717, 1.165) is 23.1 Å². The molecule has 0 N–H and O–H groups in total. The molecular weight excluding hydrogens is 244 g/mol. The summed E-state index contributed by atoms with van der Waals surface area (Å²) in [5.74, 6) is 11.4. The summed E-state index contributed by atoms with van der Waals surface area (Å²) in [4.78, 5) is 10.2. The molecule has 0 aliphatic rings. The molecule has 0 aromatic heterocycles. The first-order valence-electron chi connectivity index (χ1n) is 6.48. The minimum atomic E-state index is 0.591. The molecule has 0 radical (unpaired) electrons. The van der Waals surface area contributed by atoms with Crippen molar-refractivity contribution in [2.45, 2.75) is 13.3 Å². The van der Waals surface area contributed by atoms with Gasteiger partial charge in [-0.05, 0) is 54.3 Å². The topological polar surface area (TPSA) is 17.1 Å². The third-order valence-corrected chi connectivity index (χ3v) is 2.87. The van der Waals surface area contributed by atoms with Crippen LogP contribution in [-0.2, 0) is 11.2 Å². The molecule has 0 spiro atoms. The number of rotatable bonds is 1. The van der Waals surface area contributed by atoms with Crippen molar-refractivity contribution in [3.05, 3.63) is 70.8 Å². The van der Waals surface area contributed by atoms with Crippen LogP contribution in [0.25, 0.3) is 0 Å². The molecule has 0 saturated heterocycles. The molecule has 96 valence electrons. The fourth-order valence-electron chi connectivity index (χ4n) is 1.72. The average molecular weight is 258 g/mol. The highest BCUT2D eigenvalue weighted by atomic mass is 16.1. The van der Waals surface area contributed by atoms with Gasteiger partial charge in [0.25, 0.3) is 0 Å². The Balaban J connectivity index is 2.13. The Morgan fingerprint density at radius 1 is 0.800 bits per heavy atom. The zero-order valence-electron chi connectivity index (χ0n) is 11.3. The third-order valence-electron chi connectivity index (χ3n) is 2.87. The highest BCUT2D eigenvalue weighted by Gasteiger charge is 1.90. The van der Waals surface area contributed by atoms with Crippen molar-refractivity contribution in [1.82, 2.24) is 0 Å². The van der Waals surface area contributed by atoms with Gasteiger partial charge >= 0.3 is 0 Å². The van der Waals surface area contributed by atoms with Crippen molar-refractivity contribution in [2.24, 2.45) is 0 Å². The Morgan fingerprint density at radius 3 is 1.70 bits per heavy atom. The Morgan fingerprint density at radius 2 is 1.25 bits per heavy atom. The van der Waals surface area contributed by atoms with Crippen LogP contribution in [0.3, 0.4) is 0 Å². The molecule has 0 bridgehead atoms. The monoisotopic (exact) mass is 258 g/mol. The zero-order chi connectivity index (χ0) is 14.2. The van der Waals surface area contributed by atoms with Gasteiger partial charge in [-0.15, -0.1) is 0 Å². The van der Waals surface area contributed by atoms with Gasteiger partial charge in [-0.1, -0.05) is 36.8 Å². The van der Waals surface area contributed by atoms with E-state index in [1.807, 2.05) is 36.4 Å². The van der Waals surface area contributed by atoms with Gasteiger partial charge in [0.15, 0.2) is 6.29 Å². The molecule has 0 saturated carbocycles. The fourth-order valence-corrected chi connectivity index (χ4v) is 1.72. The summed E-state index contributed by atoms with van der Waals surface area (Å²) in [7, 11) is 0. The molecule has 1 heteroatoms. The van der Waals surface area contributed by atoms with E-state index >= 15 is 0 Å². The van der Waals surface area contributed by atoms with Crippen LogP contribution in [0.1, 0.15) is 29.2 Å². The van der Waals surface area contributed by atoms with Crippen molar-refractivity contribution < 1.29 is 4.79 Å². The van der Waals surface area contributed by atoms with Gasteiger partial charge in [0, 0.05) is 16.7 Å². The largest absolute Gasteiger partial charge is 0.289 e. The van der Waals surface area contributed by atoms with Crippen molar-refractivity contribution >= 4 is 6.29 Å². The fraction of sp³-hybridized carbons (Fsp3) is 0.105. The lowest BCUT2D eigenvalue weighted by molar-refractivity contribution is -0.103. The van der Waals surface area contributed by atoms with Crippen LogP contribution in [0.4, 0.5) is 0 Å². The number of hydrogen-bond acceptors (Lipinski definition) is 1. The number of carbonyl (C=O) groups excluding carboxylic acids is 1. The van der Waals surface area contributed by atoms with Gasteiger partial charge in [0.1, 0.15) is 0 Å². The van der Waals surface area contributed by atoms with E-state index in [9.17, 15) is 4.79 Å². The van der Waals surface area contributed by atoms with Gasteiger partial charge in [-0.25, -0.2) is 0 Å². The van der Waals surface area contributed by atoms with Gasteiger partial charge in [0.05, 0.1) is 0 Å². The smallest absolute Gasteiger partial charge is 0.193 e. The molecule has 0 fully saturated rings. The first-order valence-corrected chi connectivity index (χ1v) is 6.48. The number of hydrogen-bond donors (Lipinski definition) is 0. The van der Waals surface area contributed by atoms with Crippen LogP contribution >= 0.6 is 0 Å². The van der Waals surface area contributed by atoms with Gasteiger partial charge in [0.2, 0.25) is 0 Å². The predicted octanol–water partition coefficient (Wildman–Crippen LogP) is 3.20. The van der Waals surface area contributed by atoms with Gasteiger partial charge in [-0.2, -0.15) is 0 Å². The number of aldehydes is 1. The normalized spacial score (nSPS) is 8.85.